The van der Waals surface area contributed by atoms with Crippen LogP contribution in [-0.2, 0) is 12.8 Å². The van der Waals surface area contributed by atoms with E-state index in [1.807, 2.05) is 0 Å². The number of aromatic nitrogens is 2. The van der Waals surface area contributed by atoms with E-state index in [2.05, 4.69) is 29.3 Å². The zero-order valence-electron chi connectivity index (χ0n) is 10.5. The number of aliphatic hydroxyl groups excluding tert-OH is 1. The Morgan fingerprint density at radius 1 is 1.22 bits per heavy atom. The SMILES string of the molecule is CCc1ccc(CC(O)c2ccc(OC)nn2)s1. The van der Waals surface area contributed by atoms with Crippen LogP contribution in [0.2, 0.25) is 0 Å². The van der Waals surface area contributed by atoms with Crippen molar-refractivity contribution < 1.29 is 9.84 Å². The summed E-state index contributed by atoms with van der Waals surface area (Å²) in [6.45, 7) is 2.13. The Labute approximate surface area is 110 Å². The van der Waals surface area contributed by atoms with Crippen LogP contribution in [0.1, 0.15) is 28.5 Å². The van der Waals surface area contributed by atoms with Crippen LogP contribution in [0.5, 0.6) is 5.88 Å². The van der Waals surface area contributed by atoms with Gasteiger partial charge in [-0.25, -0.2) is 0 Å². The maximum Gasteiger partial charge on any atom is 0.233 e. The monoisotopic (exact) mass is 264 g/mol. The summed E-state index contributed by atoms with van der Waals surface area (Å²) in [6.07, 6.45) is 0.987. The molecule has 0 spiro atoms. The highest BCUT2D eigenvalue weighted by Gasteiger charge is 2.12. The molecule has 0 aromatic carbocycles. The second-order valence-electron chi connectivity index (χ2n) is 3.94. The number of thiophene rings is 1. The van der Waals surface area contributed by atoms with Crippen molar-refractivity contribution in [2.75, 3.05) is 7.11 Å². The molecule has 96 valence electrons. The Kier molecular flexibility index (Phi) is 4.28. The molecule has 2 aromatic heterocycles. The molecule has 0 saturated heterocycles. The zero-order chi connectivity index (χ0) is 13.0. The summed E-state index contributed by atoms with van der Waals surface area (Å²) < 4.78 is 4.93. The van der Waals surface area contributed by atoms with Crippen LogP contribution in [0, 0.1) is 0 Å². The summed E-state index contributed by atoms with van der Waals surface area (Å²) in [4.78, 5) is 2.50. The van der Waals surface area contributed by atoms with Crippen molar-refractivity contribution in [2.45, 2.75) is 25.9 Å². The molecule has 0 aliphatic heterocycles. The van der Waals surface area contributed by atoms with Crippen molar-refractivity contribution in [1.29, 1.82) is 0 Å². The molecule has 4 nitrogen and oxygen atoms in total. The normalized spacial score (nSPS) is 12.4. The molecule has 1 unspecified atom stereocenters. The van der Waals surface area contributed by atoms with E-state index in [4.69, 9.17) is 4.74 Å². The summed E-state index contributed by atoms with van der Waals surface area (Å²) in [7, 11) is 1.54. The molecule has 0 aliphatic rings. The highest BCUT2D eigenvalue weighted by atomic mass is 32.1. The lowest BCUT2D eigenvalue weighted by Gasteiger charge is -2.08. The van der Waals surface area contributed by atoms with Gasteiger partial charge in [-0.1, -0.05) is 6.92 Å². The lowest BCUT2D eigenvalue weighted by atomic mass is 10.1. The number of aryl methyl sites for hydroxylation is 1. The minimum Gasteiger partial charge on any atom is -0.480 e. The third kappa shape index (κ3) is 3.05. The van der Waals surface area contributed by atoms with Crippen LogP contribution in [0.3, 0.4) is 0 Å². The maximum absolute atomic E-state index is 10.1. The highest BCUT2D eigenvalue weighted by molar-refractivity contribution is 7.11. The lowest BCUT2D eigenvalue weighted by molar-refractivity contribution is 0.173. The molecule has 2 aromatic rings. The number of ether oxygens (including phenoxy) is 1. The molecule has 5 heteroatoms. The second kappa shape index (κ2) is 5.93. The highest BCUT2D eigenvalue weighted by Crippen LogP contribution is 2.23. The van der Waals surface area contributed by atoms with Crippen LogP contribution >= 0.6 is 11.3 Å². The average Bonchev–Trinajstić information content (AvgIpc) is 2.86. The van der Waals surface area contributed by atoms with Crippen LogP contribution in [0.25, 0.3) is 0 Å². The van der Waals surface area contributed by atoms with Gasteiger partial charge in [0.2, 0.25) is 5.88 Å². The van der Waals surface area contributed by atoms with Crippen LogP contribution in [0.15, 0.2) is 24.3 Å². The standard InChI is InChI=1S/C13H16N2O2S/c1-3-9-4-5-10(18-9)8-12(16)11-6-7-13(17-2)15-14-11/h4-7,12,16H,3,8H2,1-2H3. The molecule has 18 heavy (non-hydrogen) atoms. The molecule has 1 atom stereocenters. The summed E-state index contributed by atoms with van der Waals surface area (Å²) in [5.74, 6) is 0.454. The molecule has 2 heterocycles. The Morgan fingerprint density at radius 2 is 2.00 bits per heavy atom. The average molecular weight is 264 g/mol. The van der Waals surface area contributed by atoms with Crippen molar-refractivity contribution >= 4 is 11.3 Å². The third-order valence-electron chi connectivity index (χ3n) is 2.67. The molecule has 0 radical (unpaired) electrons. The summed E-state index contributed by atoms with van der Waals surface area (Å²) in [6, 6.07) is 7.61. The number of rotatable bonds is 5. The van der Waals surface area contributed by atoms with Crippen LogP contribution in [-0.4, -0.2) is 22.4 Å². The molecular formula is C13H16N2O2S. The first-order chi connectivity index (χ1) is 8.72. The van der Waals surface area contributed by atoms with E-state index in [1.165, 1.54) is 12.0 Å². The van der Waals surface area contributed by atoms with Gasteiger partial charge in [0.05, 0.1) is 12.8 Å². The van der Waals surface area contributed by atoms with E-state index < -0.39 is 6.10 Å². The first-order valence-corrected chi connectivity index (χ1v) is 6.68. The Hall–Kier alpha value is -1.46. The number of nitrogens with zero attached hydrogens (tertiary/aromatic N) is 2. The summed E-state index contributed by atoms with van der Waals surface area (Å²) in [5.41, 5.74) is 0.572. The van der Waals surface area contributed by atoms with Crippen molar-refractivity contribution in [3.63, 3.8) is 0 Å². The first kappa shape index (κ1) is 13.0. The predicted octanol–water partition coefficient (Wildman–Crippen LogP) is 2.39. The van der Waals surface area contributed by atoms with Crippen molar-refractivity contribution in [3.8, 4) is 5.88 Å². The Morgan fingerprint density at radius 3 is 2.56 bits per heavy atom. The summed E-state index contributed by atoms with van der Waals surface area (Å²) >= 11 is 1.73. The van der Waals surface area contributed by atoms with Crippen molar-refractivity contribution in [3.05, 3.63) is 39.7 Å². The minimum atomic E-state index is -0.619. The Balaban J connectivity index is 2.03. The quantitative estimate of drug-likeness (QED) is 0.901. The van der Waals surface area contributed by atoms with Gasteiger partial charge in [0, 0.05) is 22.2 Å². The largest absolute Gasteiger partial charge is 0.480 e. The molecule has 0 amide bonds. The van der Waals surface area contributed by atoms with E-state index >= 15 is 0 Å². The van der Waals surface area contributed by atoms with Gasteiger partial charge in [0.1, 0.15) is 6.10 Å². The van der Waals surface area contributed by atoms with Gasteiger partial charge >= 0.3 is 0 Å². The predicted molar refractivity (Wildman–Crippen MR) is 70.9 cm³/mol. The number of aliphatic hydroxyl groups is 1. The second-order valence-corrected chi connectivity index (χ2v) is 5.19. The van der Waals surface area contributed by atoms with Crippen LogP contribution < -0.4 is 4.74 Å². The Bertz CT molecular complexity index is 496. The van der Waals surface area contributed by atoms with Gasteiger partial charge in [-0.3, -0.25) is 0 Å². The van der Waals surface area contributed by atoms with E-state index in [0.29, 0.717) is 18.0 Å². The van der Waals surface area contributed by atoms with Gasteiger partial charge in [-0.15, -0.1) is 21.5 Å². The van der Waals surface area contributed by atoms with E-state index in [0.717, 1.165) is 11.3 Å². The number of hydrogen-bond donors (Lipinski definition) is 1. The minimum absolute atomic E-state index is 0.454. The maximum atomic E-state index is 10.1. The molecule has 0 aliphatic carbocycles. The van der Waals surface area contributed by atoms with Gasteiger partial charge in [0.25, 0.3) is 0 Å². The van der Waals surface area contributed by atoms with Gasteiger partial charge < -0.3 is 9.84 Å². The topological polar surface area (TPSA) is 55.2 Å². The molecule has 0 saturated carbocycles. The molecule has 0 bridgehead atoms. The number of methoxy groups -OCH3 is 1. The molecule has 1 N–H and O–H groups in total. The van der Waals surface area contributed by atoms with E-state index in [9.17, 15) is 5.11 Å². The lowest BCUT2D eigenvalue weighted by Crippen LogP contribution is -2.04. The zero-order valence-corrected chi connectivity index (χ0v) is 11.3. The van der Waals surface area contributed by atoms with Gasteiger partial charge in [0.15, 0.2) is 0 Å². The first-order valence-electron chi connectivity index (χ1n) is 5.86. The molecule has 0 fully saturated rings. The van der Waals surface area contributed by atoms with E-state index in [1.54, 1.807) is 23.5 Å². The van der Waals surface area contributed by atoms with Crippen molar-refractivity contribution in [2.24, 2.45) is 0 Å². The molecule has 2 rings (SSSR count). The van der Waals surface area contributed by atoms with Crippen molar-refractivity contribution in [1.82, 2.24) is 10.2 Å². The number of hydrogen-bond acceptors (Lipinski definition) is 5. The smallest absolute Gasteiger partial charge is 0.233 e. The van der Waals surface area contributed by atoms with E-state index in [-0.39, 0.29) is 0 Å². The van der Waals surface area contributed by atoms with Gasteiger partial charge in [-0.05, 0) is 24.6 Å². The fourth-order valence-corrected chi connectivity index (χ4v) is 2.63. The van der Waals surface area contributed by atoms with Gasteiger partial charge in [-0.2, -0.15) is 0 Å². The summed E-state index contributed by atoms with van der Waals surface area (Å²) in [5, 5.41) is 17.9. The third-order valence-corrected chi connectivity index (χ3v) is 3.92. The fourth-order valence-electron chi connectivity index (χ4n) is 1.63. The molecular weight excluding hydrogens is 248 g/mol. The van der Waals surface area contributed by atoms with Crippen LogP contribution in [0.4, 0.5) is 0 Å². The fraction of sp³-hybridized carbons (Fsp3) is 0.385.